The molecule has 1 atom stereocenters. The average molecular weight is 379 g/mol. The van der Waals surface area contributed by atoms with E-state index in [2.05, 4.69) is 15.6 Å². The van der Waals surface area contributed by atoms with Gasteiger partial charge in [0.15, 0.2) is 0 Å². The maximum absolute atomic E-state index is 12.2. The van der Waals surface area contributed by atoms with Crippen LogP contribution < -0.4 is 10.6 Å². The number of amides is 1. The summed E-state index contributed by atoms with van der Waals surface area (Å²) in [6, 6.07) is 12.0. The van der Waals surface area contributed by atoms with Crippen LogP contribution in [0.2, 0.25) is 5.02 Å². The van der Waals surface area contributed by atoms with E-state index >= 15 is 0 Å². The number of halogens is 2. The largest absolute Gasteiger partial charge is 0.371 e. The number of aromatic nitrogens is 1. The summed E-state index contributed by atoms with van der Waals surface area (Å²) in [4.78, 5) is 16.2. The Labute approximate surface area is 156 Å². The Morgan fingerprint density at radius 1 is 1.40 bits per heavy atom. The van der Waals surface area contributed by atoms with Crippen LogP contribution in [0.5, 0.6) is 0 Å². The van der Waals surface area contributed by atoms with Crippen LogP contribution in [0.3, 0.4) is 0 Å². The maximum atomic E-state index is 12.2. The van der Waals surface area contributed by atoms with Gasteiger partial charge in [-0.05, 0) is 29.8 Å². The van der Waals surface area contributed by atoms with Crippen LogP contribution >= 0.6 is 24.0 Å². The molecule has 3 rings (SSSR count). The predicted octanol–water partition coefficient (Wildman–Crippen LogP) is 2.94. The first kappa shape index (κ1) is 19.2. The third-order valence-corrected chi connectivity index (χ3v) is 3.95. The minimum absolute atomic E-state index is 0. The molecule has 0 saturated carbocycles. The molecule has 1 aromatic heterocycles. The van der Waals surface area contributed by atoms with E-state index in [0.29, 0.717) is 17.3 Å². The summed E-state index contributed by atoms with van der Waals surface area (Å²) in [5, 5.41) is 15.2. The fourth-order valence-electron chi connectivity index (χ4n) is 2.42. The SMILES string of the molecule is Cl.N#Cc1cccc(C(=O)Nc2ccc([C@@H]3CNCCO3)cc2Cl)n1. The number of nitriles is 1. The van der Waals surface area contributed by atoms with Crippen molar-refractivity contribution in [1.29, 1.82) is 5.26 Å². The van der Waals surface area contributed by atoms with Gasteiger partial charge in [0.25, 0.3) is 5.91 Å². The van der Waals surface area contributed by atoms with Crippen LogP contribution in [0.15, 0.2) is 36.4 Å². The van der Waals surface area contributed by atoms with E-state index in [1.807, 2.05) is 12.1 Å². The second-order valence-electron chi connectivity index (χ2n) is 5.28. The Hall–Kier alpha value is -2.17. The zero-order chi connectivity index (χ0) is 16.9. The molecule has 1 aromatic carbocycles. The standard InChI is InChI=1S/C17H15ClN4O2.ClH/c18-13-8-11(16-10-20-6-7-24-16)4-5-14(13)22-17(23)15-3-1-2-12(9-19)21-15;/h1-5,8,16,20H,6-7,10H2,(H,22,23);1H/t16-;/m0./s1. The molecule has 2 heterocycles. The van der Waals surface area contributed by atoms with Crippen LogP contribution in [0, 0.1) is 11.3 Å². The lowest BCUT2D eigenvalue weighted by molar-refractivity contribution is 0.0277. The van der Waals surface area contributed by atoms with E-state index in [1.165, 1.54) is 6.07 Å². The Balaban J connectivity index is 0.00000225. The molecular formula is C17H16Cl2N4O2. The quantitative estimate of drug-likeness (QED) is 0.856. The number of carbonyl (C=O) groups excluding carboxylic acids is 1. The third kappa shape index (κ3) is 4.68. The van der Waals surface area contributed by atoms with Gasteiger partial charge in [-0.15, -0.1) is 12.4 Å². The van der Waals surface area contributed by atoms with Crippen molar-refractivity contribution in [2.45, 2.75) is 6.10 Å². The molecule has 130 valence electrons. The first-order valence-electron chi connectivity index (χ1n) is 7.47. The van der Waals surface area contributed by atoms with E-state index in [-0.39, 0.29) is 29.9 Å². The first-order chi connectivity index (χ1) is 11.7. The molecule has 1 amide bonds. The van der Waals surface area contributed by atoms with Crippen LogP contribution in [0.25, 0.3) is 0 Å². The number of morpholine rings is 1. The second kappa shape index (κ2) is 8.79. The van der Waals surface area contributed by atoms with E-state index in [0.717, 1.165) is 18.7 Å². The van der Waals surface area contributed by atoms with Gasteiger partial charge in [-0.3, -0.25) is 4.79 Å². The topological polar surface area (TPSA) is 87.0 Å². The number of hydrogen-bond donors (Lipinski definition) is 2. The minimum Gasteiger partial charge on any atom is -0.371 e. The smallest absolute Gasteiger partial charge is 0.274 e. The zero-order valence-corrected chi connectivity index (χ0v) is 14.7. The van der Waals surface area contributed by atoms with Crippen molar-refractivity contribution in [3.05, 3.63) is 58.4 Å². The molecule has 8 heteroatoms. The molecule has 6 nitrogen and oxygen atoms in total. The number of hydrogen-bond acceptors (Lipinski definition) is 5. The summed E-state index contributed by atoms with van der Waals surface area (Å²) in [7, 11) is 0. The van der Waals surface area contributed by atoms with Gasteiger partial charge in [0, 0.05) is 13.1 Å². The van der Waals surface area contributed by atoms with Crippen molar-refractivity contribution >= 4 is 35.6 Å². The summed E-state index contributed by atoms with van der Waals surface area (Å²) in [5.41, 5.74) is 1.79. The second-order valence-corrected chi connectivity index (χ2v) is 5.68. The lowest BCUT2D eigenvalue weighted by atomic mass is 10.1. The fraction of sp³-hybridized carbons (Fsp3) is 0.235. The molecule has 0 spiro atoms. The molecule has 1 aliphatic heterocycles. The summed E-state index contributed by atoms with van der Waals surface area (Å²) in [6.07, 6.45) is -0.0463. The number of pyridine rings is 1. The number of rotatable bonds is 3. The Kier molecular flexibility index (Phi) is 6.73. The highest BCUT2D eigenvalue weighted by Gasteiger charge is 2.17. The van der Waals surface area contributed by atoms with Gasteiger partial charge in [-0.1, -0.05) is 23.7 Å². The van der Waals surface area contributed by atoms with Crippen molar-refractivity contribution < 1.29 is 9.53 Å². The van der Waals surface area contributed by atoms with E-state index in [4.69, 9.17) is 21.6 Å². The Morgan fingerprint density at radius 2 is 2.24 bits per heavy atom. The van der Waals surface area contributed by atoms with Crippen LogP contribution in [-0.2, 0) is 4.74 Å². The van der Waals surface area contributed by atoms with Gasteiger partial charge in [0.2, 0.25) is 0 Å². The molecule has 0 unspecified atom stereocenters. The maximum Gasteiger partial charge on any atom is 0.274 e. The van der Waals surface area contributed by atoms with Crippen molar-refractivity contribution in [2.75, 3.05) is 25.0 Å². The zero-order valence-electron chi connectivity index (χ0n) is 13.2. The molecule has 0 aliphatic carbocycles. The molecule has 2 N–H and O–H groups in total. The van der Waals surface area contributed by atoms with Gasteiger partial charge < -0.3 is 15.4 Å². The fourth-order valence-corrected chi connectivity index (χ4v) is 2.66. The monoisotopic (exact) mass is 378 g/mol. The average Bonchev–Trinajstić information content (AvgIpc) is 2.64. The highest BCUT2D eigenvalue weighted by molar-refractivity contribution is 6.34. The highest BCUT2D eigenvalue weighted by atomic mass is 35.5. The molecule has 25 heavy (non-hydrogen) atoms. The lowest BCUT2D eigenvalue weighted by Gasteiger charge is -2.24. The Morgan fingerprint density at radius 3 is 2.92 bits per heavy atom. The van der Waals surface area contributed by atoms with Gasteiger partial charge in [0.1, 0.15) is 17.5 Å². The molecular weight excluding hydrogens is 363 g/mol. The molecule has 1 saturated heterocycles. The number of anilines is 1. The van der Waals surface area contributed by atoms with Crippen LogP contribution in [-0.4, -0.2) is 30.6 Å². The Bertz CT molecular complexity index is 801. The molecule has 1 aliphatic rings. The number of nitrogens with zero attached hydrogens (tertiary/aromatic N) is 2. The van der Waals surface area contributed by atoms with Gasteiger partial charge >= 0.3 is 0 Å². The highest BCUT2D eigenvalue weighted by Crippen LogP contribution is 2.28. The normalized spacial score (nSPS) is 16.4. The number of carbonyl (C=O) groups is 1. The third-order valence-electron chi connectivity index (χ3n) is 3.64. The molecule has 2 aromatic rings. The van der Waals surface area contributed by atoms with E-state index < -0.39 is 5.91 Å². The number of benzene rings is 1. The summed E-state index contributed by atoms with van der Waals surface area (Å²) in [6.45, 7) is 2.22. The summed E-state index contributed by atoms with van der Waals surface area (Å²) >= 11 is 6.28. The summed E-state index contributed by atoms with van der Waals surface area (Å²) in [5.74, 6) is -0.419. The summed E-state index contributed by atoms with van der Waals surface area (Å²) < 4.78 is 5.69. The van der Waals surface area contributed by atoms with Crippen molar-refractivity contribution in [2.24, 2.45) is 0 Å². The lowest BCUT2D eigenvalue weighted by Crippen LogP contribution is -2.33. The van der Waals surface area contributed by atoms with Gasteiger partial charge in [-0.25, -0.2) is 4.98 Å². The van der Waals surface area contributed by atoms with Crippen molar-refractivity contribution in [1.82, 2.24) is 10.3 Å². The van der Waals surface area contributed by atoms with Crippen LogP contribution in [0.4, 0.5) is 5.69 Å². The van der Waals surface area contributed by atoms with Crippen molar-refractivity contribution in [3.63, 3.8) is 0 Å². The van der Waals surface area contributed by atoms with E-state index in [1.54, 1.807) is 24.3 Å². The van der Waals surface area contributed by atoms with Crippen LogP contribution in [0.1, 0.15) is 27.8 Å². The first-order valence-corrected chi connectivity index (χ1v) is 7.85. The van der Waals surface area contributed by atoms with Gasteiger partial charge in [0.05, 0.1) is 23.4 Å². The number of ether oxygens (including phenoxy) is 1. The number of nitrogens with one attached hydrogen (secondary N) is 2. The molecule has 0 bridgehead atoms. The molecule has 0 radical (unpaired) electrons. The predicted molar refractivity (Wildman–Crippen MR) is 97.2 cm³/mol. The molecule has 1 fully saturated rings. The van der Waals surface area contributed by atoms with Gasteiger partial charge in [-0.2, -0.15) is 5.26 Å². The van der Waals surface area contributed by atoms with E-state index in [9.17, 15) is 4.79 Å². The van der Waals surface area contributed by atoms with Crippen molar-refractivity contribution in [3.8, 4) is 6.07 Å². The minimum atomic E-state index is -0.419.